The number of likely N-dealkylation sites (tertiary alicyclic amines) is 1. The lowest BCUT2D eigenvalue weighted by Gasteiger charge is -2.43. The van der Waals surface area contributed by atoms with Crippen molar-refractivity contribution in [3.05, 3.63) is 94.7 Å². The normalized spacial score (nSPS) is 24.9. The van der Waals surface area contributed by atoms with Crippen LogP contribution in [0, 0.1) is 11.8 Å². The first-order chi connectivity index (χ1) is 19.9. The zero-order valence-corrected chi connectivity index (χ0v) is 24.9. The molecule has 0 amide bonds. The highest BCUT2D eigenvalue weighted by Crippen LogP contribution is 2.36. The molecule has 1 saturated carbocycles. The Morgan fingerprint density at radius 2 is 1.88 bits per heavy atom. The fourth-order valence-electron chi connectivity index (χ4n) is 6.23. The number of rotatable bonds is 11. The van der Waals surface area contributed by atoms with E-state index in [1.54, 1.807) is 0 Å². The molecule has 7 heteroatoms. The van der Waals surface area contributed by atoms with E-state index < -0.39 is 6.23 Å². The number of nitrogens with zero attached hydrogens (tertiary/aromatic N) is 3. The number of imidazole rings is 1. The third-order valence-electron chi connectivity index (χ3n) is 9.16. The van der Waals surface area contributed by atoms with Gasteiger partial charge in [-0.2, -0.15) is 0 Å². The predicted octanol–water partition coefficient (Wildman–Crippen LogP) is 5.43. The predicted molar refractivity (Wildman–Crippen MR) is 167 cm³/mol. The quantitative estimate of drug-likeness (QED) is 0.321. The van der Waals surface area contributed by atoms with Gasteiger partial charge in [0.05, 0.1) is 11.7 Å². The van der Waals surface area contributed by atoms with Gasteiger partial charge in [-0.15, -0.1) is 0 Å². The van der Waals surface area contributed by atoms with Gasteiger partial charge in [0.25, 0.3) is 0 Å². The largest absolute Gasteiger partial charge is 0.372 e. The highest BCUT2D eigenvalue weighted by molar-refractivity contribution is 5.57. The first-order valence-corrected chi connectivity index (χ1v) is 15.4. The van der Waals surface area contributed by atoms with Crippen molar-refractivity contribution < 1.29 is 5.11 Å². The van der Waals surface area contributed by atoms with E-state index in [0.29, 0.717) is 5.92 Å². The summed E-state index contributed by atoms with van der Waals surface area (Å²) in [4.78, 5) is 20.4. The molecule has 3 unspecified atom stereocenters. The Morgan fingerprint density at radius 3 is 2.54 bits per heavy atom. The van der Waals surface area contributed by atoms with E-state index >= 15 is 0 Å². The molecule has 3 aliphatic rings. The van der Waals surface area contributed by atoms with Gasteiger partial charge in [-0.05, 0) is 67.2 Å². The van der Waals surface area contributed by atoms with E-state index in [1.165, 1.54) is 29.6 Å². The molecule has 3 heterocycles. The highest BCUT2D eigenvalue weighted by Gasteiger charge is 2.38. The summed E-state index contributed by atoms with van der Waals surface area (Å²) in [7, 11) is 0. The molecule has 1 aliphatic carbocycles. The Morgan fingerprint density at radius 1 is 1.15 bits per heavy atom. The van der Waals surface area contributed by atoms with E-state index in [4.69, 9.17) is 0 Å². The smallest absolute Gasteiger partial charge is 0.326 e. The van der Waals surface area contributed by atoms with E-state index in [0.717, 1.165) is 56.8 Å². The van der Waals surface area contributed by atoms with Gasteiger partial charge in [-0.3, -0.25) is 14.8 Å². The zero-order chi connectivity index (χ0) is 28.9. The Hall–Kier alpha value is -3.13. The Labute approximate surface area is 245 Å². The molecule has 2 fully saturated rings. The van der Waals surface area contributed by atoms with Gasteiger partial charge < -0.3 is 15.0 Å². The molecule has 7 nitrogen and oxygen atoms in total. The van der Waals surface area contributed by atoms with E-state index in [2.05, 4.69) is 65.8 Å². The number of hydrogen-bond acceptors (Lipinski definition) is 5. The maximum Gasteiger partial charge on any atom is 0.326 e. The molecule has 0 bridgehead atoms. The standard InChI is InChI=1S/C34H47N5O2/c1-5-26(6-2)13-12-24(3)30-21-38(20-27-14-15-27)33(40)32(25(30)4)35-23-37-18-16-29(17-19-37)39-22-31(36-34(39)41)28-10-8-7-9-11-28/h5,7-13,21-22,25,27,29,32-33,35,40H,1,6,14-20,23H2,2-4H3,(H,36,41)/b24-12+,26-13+. The second kappa shape index (κ2) is 13.2. The second-order valence-corrected chi connectivity index (χ2v) is 12.1. The van der Waals surface area contributed by atoms with Crippen molar-refractivity contribution in [3.8, 4) is 11.3 Å². The molecule has 0 spiro atoms. The SMILES string of the molecule is C=C/C(=C\C=C(/C)C1=CN(CC2CC2)C(O)C(NCN2CCC(n3cc(-c4ccccc4)[nH]c3=O)CC2)C1C)CC. The van der Waals surface area contributed by atoms with Gasteiger partial charge in [-0.25, -0.2) is 4.79 Å². The fourth-order valence-corrected chi connectivity index (χ4v) is 6.23. The van der Waals surface area contributed by atoms with Gasteiger partial charge >= 0.3 is 5.69 Å². The first kappa shape index (κ1) is 29.4. The number of aromatic nitrogens is 2. The Balaban J connectivity index is 1.22. The van der Waals surface area contributed by atoms with Gasteiger partial charge in [0.2, 0.25) is 0 Å². The van der Waals surface area contributed by atoms with Crippen molar-refractivity contribution in [2.75, 3.05) is 26.3 Å². The minimum absolute atomic E-state index is 0.0351. The summed E-state index contributed by atoms with van der Waals surface area (Å²) in [5.74, 6) is 0.859. The third kappa shape index (κ3) is 7.03. The molecule has 2 aliphatic heterocycles. The molecule has 41 heavy (non-hydrogen) atoms. The molecule has 3 atom stereocenters. The topological polar surface area (TPSA) is 76.5 Å². The van der Waals surface area contributed by atoms with Crippen molar-refractivity contribution in [2.45, 2.75) is 71.2 Å². The fraction of sp³-hybridized carbons (Fsp3) is 0.500. The molecule has 1 aromatic carbocycles. The van der Waals surface area contributed by atoms with E-state index in [9.17, 15) is 9.90 Å². The van der Waals surface area contributed by atoms with Crippen LogP contribution in [0.2, 0.25) is 0 Å². The zero-order valence-electron chi connectivity index (χ0n) is 24.9. The minimum Gasteiger partial charge on any atom is -0.372 e. The van der Waals surface area contributed by atoms with Crippen molar-refractivity contribution in [2.24, 2.45) is 11.8 Å². The summed E-state index contributed by atoms with van der Waals surface area (Å²) in [6.45, 7) is 13.9. The van der Waals surface area contributed by atoms with Crippen molar-refractivity contribution in [1.29, 1.82) is 0 Å². The summed E-state index contributed by atoms with van der Waals surface area (Å²) in [5, 5.41) is 15.2. The van der Waals surface area contributed by atoms with Crippen LogP contribution in [0.5, 0.6) is 0 Å². The number of allylic oxidation sites excluding steroid dienone is 5. The first-order valence-electron chi connectivity index (χ1n) is 15.4. The average molecular weight is 558 g/mol. The van der Waals surface area contributed by atoms with Crippen molar-refractivity contribution in [1.82, 2.24) is 24.7 Å². The molecule has 2 aromatic rings. The Bertz CT molecular complexity index is 1320. The summed E-state index contributed by atoms with van der Waals surface area (Å²) < 4.78 is 1.88. The lowest BCUT2D eigenvalue weighted by atomic mass is 9.84. The lowest BCUT2D eigenvalue weighted by Crippen LogP contribution is -2.57. The second-order valence-electron chi connectivity index (χ2n) is 12.1. The number of nitrogens with one attached hydrogen (secondary N) is 2. The van der Waals surface area contributed by atoms with Crippen LogP contribution in [0.1, 0.15) is 58.9 Å². The average Bonchev–Trinajstić information content (AvgIpc) is 3.73. The molecule has 1 saturated heterocycles. The number of aliphatic hydroxyl groups excluding tert-OH is 1. The van der Waals surface area contributed by atoms with Crippen LogP contribution in [0.15, 0.2) is 89.0 Å². The minimum atomic E-state index is -0.551. The monoisotopic (exact) mass is 557 g/mol. The van der Waals surface area contributed by atoms with Crippen LogP contribution < -0.4 is 11.0 Å². The lowest BCUT2D eigenvalue weighted by molar-refractivity contribution is -0.0239. The molecular formula is C34H47N5O2. The Kier molecular flexibility index (Phi) is 9.48. The number of aliphatic hydroxyl groups is 1. The van der Waals surface area contributed by atoms with Gasteiger partial charge in [0, 0.05) is 50.7 Å². The number of H-pyrrole nitrogens is 1. The molecular weight excluding hydrogens is 510 g/mol. The summed E-state index contributed by atoms with van der Waals surface area (Å²) in [5.41, 5.74) is 5.60. The number of hydrogen-bond donors (Lipinski definition) is 3. The van der Waals surface area contributed by atoms with Crippen molar-refractivity contribution >= 4 is 0 Å². The molecule has 3 N–H and O–H groups in total. The molecule has 0 radical (unpaired) electrons. The van der Waals surface area contributed by atoms with Crippen LogP contribution in [0.3, 0.4) is 0 Å². The summed E-state index contributed by atoms with van der Waals surface area (Å²) in [6.07, 6.45) is 15.2. The summed E-state index contributed by atoms with van der Waals surface area (Å²) in [6, 6.07) is 10.1. The third-order valence-corrected chi connectivity index (χ3v) is 9.16. The molecule has 1 aromatic heterocycles. The van der Waals surface area contributed by atoms with Gasteiger partial charge in [0.1, 0.15) is 6.23 Å². The van der Waals surface area contributed by atoms with E-state index in [1.807, 2.05) is 47.2 Å². The number of piperidine rings is 1. The molecule has 5 rings (SSSR count). The maximum absolute atomic E-state index is 12.7. The van der Waals surface area contributed by atoms with Crippen LogP contribution in [-0.2, 0) is 0 Å². The number of aromatic amines is 1. The molecule has 220 valence electrons. The van der Waals surface area contributed by atoms with Crippen LogP contribution in [0.4, 0.5) is 0 Å². The summed E-state index contributed by atoms with van der Waals surface area (Å²) >= 11 is 0. The highest BCUT2D eigenvalue weighted by atomic mass is 16.3. The van der Waals surface area contributed by atoms with Gasteiger partial charge in [-0.1, -0.05) is 69.0 Å². The van der Waals surface area contributed by atoms with Crippen LogP contribution in [0.25, 0.3) is 11.3 Å². The van der Waals surface area contributed by atoms with Crippen molar-refractivity contribution in [3.63, 3.8) is 0 Å². The number of benzene rings is 1. The van der Waals surface area contributed by atoms with E-state index in [-0.39, 0.29) is 23.7 Å². The van der Waals surface area contributed by atoms with Gasteiger partial charge in [0.15, 0.2) is 0 Å². The van der Waals surface area contributed by atoms with Crippen LogP contribution >= 0.6 is 0 Å². The maximum atomic E-state index is 12.7. The van der Waals surface area contributed by atoms with Crippen LogP contribution in [-0.4, -0.2) is 63.0 Å².